The SMILES string of the molecule is CCN(CC(C)(C)O)C(C)C(=O)NCc1cccc(OC)c1. The summed E-state index contributed by atoms with van der Waals surface area (Å²) in [7, 11) is 1.62. The molecule has 124 valence electrons. The molecular weight excluding hydrogens is 280 g/mol. The second-order valence-corrected chi connectivity index (χ2v) is 6.12. The van der Waals surface area contributed by atoms with Gasteiger partial charge in [-0.1, -0.05) is 19.1 Å². The molecule has 0 aromatic heterocycles. The van der Waals surface area contributed by atoms with E-state index in [1.165, 1.54) is 0 Å². The van der Waals surface area contributed by atoms with Crippen LogP contribution in [0.5, 0.6) is 5.75 Å². The monoisotopic (exact) mass is 308 g/mol. The molecule has 1 atom stereocenters. The Hall–Kier alpha value is -1.59. The Morgan fingerprint density at radius 1 is 1.45 bits per heavy atom. The van der Waals surface area contributed by atoms with E-state index in [1.54, 1.807) is 21.0 Å². The first kappa shape index (κ1) is 18.5. The minimum Gasteiger partial charge on any atom is -0.497 e. The Balaban J connectivity index is 2.59. The van der Waals surface area contributed by atoms with Crippen LogP contribution in [0.25, 0.3) is 0 Å². The van der Waals surface area contributed by atoms with Crippen LogP contribution in [0.1, 0.15) is 33.3 Å². The van der Waals surface area contributed by atoms with Crippen LogP contribution in [0.4, 0.5) is 0 Å². The molecule has 5 nitrogen and oxygen atoms in total. The van der Waals surface area contributed by atoms with E-state index >= 15 is 0 Å². The van der Waals surface area contributed by atoms with Crippen molar-refractivity contribution in [2.45, 2.75) is 45.9 Å². The van der Waals surface area contributed by atoms with E-state index in [0.717, 1.165) is 11.3 Å². The third-order valence-electron chi connectivity index (χ3n) is 3.52. The van der Waals surface area contributed by atoms with Crippen molar-refractivity contribution in [2.75, 3.05) is 20.2 Å². The Morgan fingerprint density at radius 3 is 2.68 bits per heavy atom. The van der Waals surface area contributed by atoms with Crippen LogP contribution in [0, 0.1) is 0 Å². The van der Waals surface area contributed by atoms with Gasteiger partial charge in [-0.15, -0.1) is 0 Å². The molecule has 0 aliphatic rings. The van der Waals surface area contributed by atoms with Crippen molar-refractivity contribution in [1.82, 2.24) is 10.2 Å². The number of benzene rings is 1. The fourth-order valence-electron chi connectivity index (χ4n) is 2.30. The molecule has 0 aliphatic heterocycles. The average molecular weight is 308 g/mol. The lowest BCUT2D eigenvalue weighted by atomic mass is 10.1. The molecular formula is C17H28N2O3. The minimum atomic E-state index is -0.822. The highest BCUT2D eigenvalue weighted by Gasteiger charge is 2.25. The van der Waals surface area contributed by atoms with Gasteiger partial charge in [-0.25, -0.2) is 0 Å². The van der Waals surface area contributed by atoms with Gasteiger partial charge in [-0.05, 0) is 45.0 Å². The maximum Gasteiger partial charge on any atom is 0.237 e. The number of hydrogen-bond donors (Lipinski definition) is 2. The maximum absolute atomic E-state index is 12.3. The zero-order valence-corrected chi connectivity index (χ0v) is 14.2. The van der Waals surface area contributed by atoms with Gasteiger partial charge in [0, 0.05) is 13.1 Å². The van der Waals surface area contributed by atoms with Gasteiger partial charge in [0.2, 0.25) is 5.91 Å². The number of amides is 1. The van der Waals surface area contributed by atoms with Gasteiger partial charge in [-0.2, -0.15) is 0 Å². The van der Waals surface area contributed by atoms with Crippen molar-refractivity contribution in [2.24, 2.45) is 0 Å². The highest BCUT2D eigenvalue weighted by Crippen LogP contribution is 2.13. The molecule has 0 saturated heterocycles. The van der Waals surface area contributed by atoms with Crippen molar-refractivity contribution in [1.29, 1.82) is 0 Å². The number of methoxy groups -OCH3 is 1. The number of aliphatic hydroxyl groups is 1. The van der Waals surface area contributed by atoms with Crippen LogP contribution in [-0.2, 0) is 11.3 Å². The van der Waals surface area contributed by atoms with Crippen LogP contribution in [-0.4, -0.2) is 47.8 Å². The molecule has 22 heavy (non-hydrogen) atoms. The molecule has 5 heteroatoms. The molecule has 1 amide bonds. The van der Waals surface area contributed by atoms with E-state index in [1.807, 2.05) is 43.0 Å². The molecule has 1 rings (SSSR count). The van der Waals surface area contributed by atoms with Crippen molar-refractivity contribution >= 4 is 5.91 Å². The van der Waals surface area contributed by atoms with E-state index < -0.39 is 5.60 Å². The van der Waals surface area contributed by atoms with Crippen LogP contribution in [0.2, 0.25) is 0 Å². The summed E-state index contributed by atoms with van der Waals surface area (Å²) >= 11 is 0. The smallest absolute Gasteiger partial charge is 0.237 e. The standard InChI is InChI=1S/C17H28N2O3/c1-6-19(12-17(3,4)21)13(2)16(20)18-11-14-8-7-9-15(10-14)22-5/h7-10,13,21H,6,11-12H2,1-5H3,(H,18,20). The van der Waals surface area contributed by atoms with Gasteiger partial charge < -0.3 is 15.2 Å². The van der Waals surface area contributed by atoms with E-state index in [9.17, 15) is 9.90 Å². The zero-order valence-electron chi connectivity index (χ0n) is 14.2. The summed E-state index contributed by atoms with van der Waals surface area (Å²) in [5.41, 5.74) is 0.169. The summed E-state index contributed by atoms with van der Waals surface area (Å²) in [4.78, 5) is 14.3. The first-order chi connectivity index (χ1) is 10.3. The number of hydrogen-bond acceptors (Lipinski definition) is 4. The largest absolute Gasteiger partial charge is 0.497 e. The normalized spacial score (nSPS) is 13.0. The number of carbonyl (C=O) groups excluding carboxylic acids is 1. The second kappa shape index (κ2) is 8.15. The van der Waals surface area contributed by atoms with E-state index in [4.69, 9.17) is 4.74 Å². The molecule has 1 aromatic rings. The van der Waals surface area contributed by atoms with Gasteiger partial charge in [0.05, 0.1) is 18.8 Å². The summed E-state index contributed by atoms with van der Waals surface area (Å²) in [6.45, 7) is 8.95. The summed E-state index contributed by atoms with van der Waals surface area (Å²) in [6.07, 6.45) is 0. The molecule has 0 heterocycles. The summed E-state index contributed by atoms with van der Waals surface area (Å²) in [5.74, 6) is 0.728. The van der Waals surface area contributed by atoms with Crippen molar-refractivity contribution in [3.63, 3.8) is 0 Å². The van der Waals surface area contributed by atoms with Gasteiger partial charge >= 0.3 is 0 Å². The van der Waals surface area contributed by atoms with E-state index in [0.29, 0.717) is 19.6 Å². The lowest BCUT2D eigenvalue weighted by molar-refractivity contribution is -0.127. The molecule has 0 aliphatic carbocycles. The van der Waals surface area contributed by atoms with E-state index in [2.05, 4.69) is 5.32 Å². The molecule has 1 unspecified atom stereocenters. The first-order valence-electron chi connectivity index (χ1n) is 7.64. The number of likely N-dealkylation sites (N-methyl/N-ethyl adjacent to an activating group) is 1. The van der Waals surface area contributed by atoms with Crippen molar-refractivity contribution in [3.8, 4) is 5.75 Å². The van der Waals surface area contributed by atoms with Crippen molar-refractivity contribution in [3.05, 3.63) is 29.8 Å². The molecule has 0 radical (unpaired) electrons. The lowest BCUT2D eigenvalue weighted by Gasteiger charge is -2.32. The van der Waals surface area contributed by atoms with Gasteiger partial charge in [-0.3, -0.25) is 9.69 Å². The second-order valence-electron chi connectivity index (χ2n) is 6.12. The molecule has 0 spiro atoms. The summed E-state index contributed by atoms with van der Waals surface area (Å²) in [5, 5.41) is 12.9. The number of rotatable bonds is 8. The molecule has 0 fully saturated rings. The predicted molar refractivity (Wildman–Crippen MR) is 87.8 cm³/mol. The fraction of sp³-hybridized carbons (Fsp3) is 0.588. The molecule has 0 saturated carbocycles. The number of nitrogens with one attached hydrogen (secondary N) is 1. The quantitative estimate of drug-likeness (QED) is 0.769. The minimum absolute atomic E-state index is 0.0473. The van der Waals surface area contributed by atoms with Crippen LogP contribution in [0.15, 0.2) is 24.3 Å². The Morgan fingerprint density at radius 2 is 2.14 bits per heavy atom. The highest BCUT2D eigenvalue weighted by molar-refractivity contribution is 5.81. The summed E-state index contributed by atoms with van der Waals surface area (Å²) < 4.78 is 5.17. The predicted octanol–water partition coefficient (Wildman–Crippen LogP) is 1.79. The van der Waals surface area contributed by atoms with Gasteiger partial charge in [0.1, 0.15) is 5.75 Å². The molecule has 1 aromatic carbocycles. The van der Waals surface area contributed by atoms with E-state index in [-0.39, 0.29) is 11.9 Å². The first-order valence-corrected chi connectivity index (χ1v) is 7.64. The average Bonchev–Trinajstić information content (AvgIpc) is 2.48. The Kier molecular flexibility index (Phi) is 6.84. The third-order valence-corrected chi connectivity index (χ3v) is 3.52. The fourth-order valence-corrected chi connectivity index (χ4v) is 2.30. The zero-order chi connectivity index (χ0) is 16.8. The van der Waals surface area contributed by atoms with Gasteiger partial charge in [0.25, 0.3) is 0 Å². The molecule has 0 bridgehead atoms. The Labute approximate surface area is 133 Å². The maximum atomic E-state index is 12.3. The van der Waals surface area contributed by atoms with Crippen LogP contribution >= 0.6 is 0 Å². The Bertz CT molecular complexity index is 483. The van der Waals surface area contributed by atoms with Gasteiger partial charge in [0.15, 0.2) is 0 Å². The summed E-state index contributed by atoms with van der Waals surface area (Å²) in [6, 6.07) is 7.33. The van der Waals surface area contributed by atoms with Crippen molar-refractivity contribution < 1.29 is 14.6 Å². The number of nitrogens with zero attached hydrogens (tertiary/aromatic N) is 1. The lowest BCUT2D eigenvalue weighted by Crippen LogP contribution is -2.49. The topological polar surface area (TPSA) is 61.8 Å². The van der Waals surface area contributed by atoms with Crippen LogP contribution < -0.4 is 10.1 Å². The third kappa shape index (κ3) is 6.03. The number of ether oxygens (including phenoxy) is 1. The number of carbonyl (C=O) groups is 1. The highest BCUT2D eigenvalue weighted by atomic mass is 16.5. The van der Waals surface area contributed by atoms with Crippen LogP contribution in [0.3, 0.4) is 0 Å². The molecule has 2 N–H and O–H groups in total.